The van der Waals surface area contributed by atoms with Crippen LogP contribution in [0, 0.1) is 0 Å². The summed E-state index contributed by atoms with van der Waals surface area (Å²) < 4.78 is 2.48. The van der Waals surface area contributed by atoms with Crippen LogP contribution in [0.5, 0.6) is 0 Å². The summed E-state index contributed by atoms with van der Waals surface area (Å²) in [6.07, 6.45) is 7.80. The molecule has 3 heteroatoms. The van der Waals surface area contributed by atoms with Crippen LogP contribution in [-0.2, 0) is 5.31 Å². The van der Waals surface area contributed by atoms with Gasteiger partial charge in [-0.15, -0.1) is 0 Å². The summed E-state index contributed by atoms with van der Waals surface area (Å²) in [4.78, 5) is 4.91. The summed E-state index contributed by atoms with van der Waals surface area (Å²) in [5.41, 5.74) is 7.26. The third-order valence-corrected chi connectivity index (χ3v) is 8.55. The molecule has 0 N–H and O–H groups in total. The van der Waals surface area contributed by atoms with Gasteiger partial charge in [-0.2, -0.15) is 0 Å². The molecule has 2 radical (unpaired) electrons. The molecule has 3 aromatic heterocycles. The van der Waals surface area contributed by atoms with Gasteiger partial charge in [0.25, 0.3) is 0 Å². The first-order chi connectivity index (χ1) is 17.7. The van der Waals surface area contributed by atoms with Gasteiger partial charge in [0, 0.05) is 38.7 Å². The fourth-order valence-corrected chi connectivity index (χ4v) is 6.85. The van der Waals surface area contributed by atoms with Gasteiger partial charge < -0.3 is 4.40 Å². The molecule has 36 heavy (non-hydrogen) atoms. The lowest BCUT2D eigenvalue weighted by Crippen LogP contribution is -2.29. The van der Waals surface area contributed by atoms with Crippen LogP contribution < -0.4 is 0 Å². The average Bonchev–Trinajstić information content (AvgIpc) is 3.45. The zero-order valence-electron chi connectivity index (χ0n) is 20.2. The molecule has 1 saturated carbocycles. The van der Waals surface area contributed by atoms with Crippen LogP contribution in [-0.4, -0.2) is 17.2 Å². The van der Waals surface area contributed by atoms with Crippen molar-refractivity contribution in [2.75, 3.05) is 0 Å². The van der Waals surface area contributed by atoms with Gasteiger partial charge in [-0.25, -0.2) is 0 Å². The smallest absolute Gasteiger partial charge is 0.0810 e. The SMILES string of the molecule is [B]C1(c2ccc3c4cccc(-c5cc6ccccc6cn5)c4n4c5ccccc5c2c34)CCCCC1. The quantitative estimate of drug-likeness (QED) is 0.237. The van der Waals surface area contributed by atoms with Crippen LogP contribution in [0.25, 0.3) is 60.1 Å². The van der Waals surface area contributed by atoms with Crippen molar-refractivity contribution in [3.8, 4) is 11.3 Å². The third-order valence-electron chi connectivity index (χ3n) is 8.55. The molecule has 0 bridgehead atoms. The first-order valence-corrected chi connectivity index (χ1v) is 13.1. The molecular formula is C33H25BN2. The minimum atomic E-state index is -0.261. The molecule has 0 amide bonds. The predicted molar refractivity (Wildman–Crippen MR) is 152 cm³/mol. The number of hydrogen-bond donors (Lipinski definition) is 0. The van der Waals surface area contributed by atoms with E-state index in [0.29, 0.717) is 0 Å². The molecule has 0 aliphatic heterocycles. The Hall–Kier alpha value is -3.85. The topological polar surface area (TPSA) is 17.3 Å². The first-order valence-electron chi connectivity index (χ1n) is 13.1. The highest BCUT2D eigenvalue weighted by molar-refractivity contribution is 6.28. The summed E-state index contributed by atoms with van der Waals surface area (Å²) >= 11 is 0. The minimum absolute atomic E-state index is 0.261. The summed E-state index contributed by atoms with van der Waals surface area (Å²) in [7, 11) is 7.18. The highest BCUT2D eigenvalue weighted by atomic mass is 14.9. The molecule has 0 unspecified atom stereocenters. The van der Waals surface area contributed by atoms with Crippen molar-refractivity contribution < 1.29 is 0 Å². The molecule has 0 spiro atoms. The van der Waals surface area contributed by atoms with Crippen molar-refractivity contribution >= 4 is 56.7 Å². The van der Waals surface area contributed by atoms with Gasteiger partial charge in [-0.1, -0.05) is 105 Å². The lowest BCUT2D eigenvalue weighted by molar-refractivity contribution is 0.400. The number of hydrogen-bond acceptors (Lipinski definition) is 1. The molecule has 7 aromatic rings. The zero-order valence-corrected chi connectivity index (χ0v) is 20.2. The Bertz CT molecular complexity index is 1940. The third kappa shape index (κ3) is 2.66. The van der Waals surface area contributed by atoms with E-state index in [2.05, 4.69) is 89.3 Å². The van der Waals surface area contributed by atoms with Crippen LogP contribution in [0.4, 0.5) is 0 Å². The molecule has 3 heterocycles. The molecule has 8 rings (SSSR count). The van der Waals surface area contributed by atoms with E-state index in [0.717, 1.165) is 23.9 Å². The molecule has 4 aromatic carbocycles. The van der Waals surface area contributed by atoms with Gasteiger partial charge in [0.1, 0.15) is 0 Å². The van der Waals surface area contributed by atoms with E-state index < -0.39 is 0 Å². The summed E-state index contributed by atoms with van der Waals surface area (Å²) in [5, 5.41) is 7.31. The number of rotatable bonds is 2. The van der Waals surface area contributed by atoms with E-state index >= 15 is 0 Å². The molecule has 1 aliphatic carbocycles. The Labute approximate surface area is 211 Å². The molecule has 0 atom stereocenters. The van der Waals surface area contributed by atoms with Gasteiger partial charge in [-0.3, -0.25) is 4.98 Å². The second-order valence-electron chi connectivity index (χ2n) is 10.6. The lowest BCUT2D eigenvalue weighted by Gasteiger charge is -2.35. The Balaban J connectivity index is 1.53. The normalized spacial score (nSPS) is 16.1. The maximum Gasteiger partial charge on any atom is 0.0810 e. The molecule has 1 fully saturated rings. The van der Waals surface area contributed by atoms with E-state index in [1.54, 1.807) is 0 Å². The highest BCUT2D eigenvalue weighted by Crippen LogP contribution is 2.47. The van der Waals surface area contributed by atoms with Crippen molar-refractivity contribution in [2.24, 2.45) is 0 Å². The zero-order chi connectivity index (χ0) is 23.9. The number of nitrogens with zero attached hydrogens (tertiary/aromatic N) is 2. The largest absolute Gasteiger partial charge is 0.307 e. The van der Waals surface area contributed by atoms with Gasteiger partial charge in [0.2, 0.25) is 0 Å². The molecule has 170 valence electrons. The van der Waals surface area contributed by atoms with E-state index in [1.807, 2.05) is 6.20 Å². The number of pyridine rings is 1. The van der Waals surface area contributed by atoms with Crippen molar-refractivity contribution in [2.45, 2.75) is 37.4 Å². The minimum Gasteiger partial charge on any atom is -0.307 e. The van der Waals surface area contributed by atoms with Crippen LogP contribution >= 0.6 is 0 Å². The Morgan fingerprint density at radius 3 is 2.33 bits per heavy atom. The van der Waals surface area contributed by atoms with Crippen LogP contribution in [0.2, 0.25) is 0 Å². The van der Waals surface area contributed by atoms with Gasteiger partial charge >= 0.3 is 0 Å². The highest BCUT2D eigenvalue weighted by Gasteiger charge is 2.32. The number of fused-ring (bicyclic) bond motifs is 7. The van der Waals surface area contributed by atoms with Gasteiger partial charge in [0.05, 0.1) is 30.1 Å². The number of benzene rings is 4. The lowest BCUT2D eigenvalue weighted by atomic mass is 9.56. The molecule has 1 aliphatic rings. The number of aromatic nitrogens is 2. The number of para-hydroxylation sites is 2. The maximum absolute atomic E-state index is 7.18. The van der Waals surface area contributed by atoms with Gasteiger partial charge in [0.15, 0.2) is 0 Å². The molecular weight excluding hydrogens is 435 g/mol. The second-order valence-corrected chi connectivity index (χ2v) is 10.6. The maximum atomic E-state index is 7.18. The Kier molecular flexibility index (Phi) is 4.15. The average molecular weight is 460 g/mol. The first kappa shape index (κ1) is 20.4. The van der Waals surface area contributed by atoms with E-state index in [1.165, 1.54) is 73.9 Å². The fraction of sp³-hybridized carbons (Fsp3) is 0.182. The standard InChI is InChI=1S/C33H25BN2/c34-33(17-6-1-7-18-33)27-16-15-24-23-12-8-13-25(28-19-21-9-2-3-10-22(21)20-35-28)31(23)36-29-14-5-4-11-26(29)30(27)32(24)36/h2-5,8-16,19-20H,1,6-7,17-18H2. The Morgan fingerprint density at radius 2 is 1.44 bits per heavy atom. The monoisotopic (exact) mass is 460 g/mol. The fourth-order valence-electron chi connectivity index (χ4n) is 6.85. The van der Waals surface area contributed by atoms with E-state index in [9.17, 15) is 0 Å². The van der Waals surface area contributed by atoms with Crippen LogP contribution in [0.1, 0.15) is 37.7 Å². The summed E-state index contributed by atoms with van der Waals surface area (Å²) in [5.74, 6) is 0. The molecule has 0 saturated heterocycles. The van der Waals surface area contributed by atoms with E-state index in [4.69, 9.17) is 12.8 Å². The van der Waals surface area contributed by atoms with Crippen molar-refractivity contribution in [3.05, 3.63) is 96.7 Å². The summed E-state index contributed by atoms with van der Waals surface area (Å²) in [6.45, 7) is 0. The van der Waals surface area contributed by atoms with E-state index in [-0.39, 0.29) is 5.31 Å². The predicted octanol–water partition coefficient (Wildman–Crippen LogP) is 8.38. The summed E-state index contributed by atoms with van der Waals surface area (Å²) in [6, 6.07) is 30.8. The molecule has 2 nitrogen and oxygen atoms in total. The van der Waals surface area contributed by atoms with Crippen LogP contribution in [0.15, 0.2) is 91.1 Å². The van der Waals surface area contributed by atoms with Crippen molar-refractivity contribution in [1.29, 1.82) is 0 Å². The second kappa shape index (κ2) is 7.33. The van der Waals surface area contributed by atoms with Gasteiger partial charge in [-0.05, 0) is 28.4 Å². The Morgan fingerprint density at radius 1 is 0.694 bits per heavy atom. The van der Waals surface area contributed by atoms with Crippen molar-refractivity contribution in [1.82, 2.24) is 9.38 Å². The van der Waals surface area contributed by atoms with Crippen LogP contribution in [0.3, 0.4) is 0 Å². The van der Waals surface area contributed by atoms with Crippen molar-refractivity contribution in [3.63, 3.8) is 0 Å².